The highest BCUT2D eigenvalue weighted by Crippen LogP contribution is 2.39. The molecule has 23 heteroatoms. The number of nitrogens with zero attached hydrogens (tertiary/aromatic N) is 2. The predicted molar refractivity (Wildman–Crippen MR) is 224 cm³/mol. The SMILES string of the molecule is COc1ccccc1C(NS(=O)(=O)c1cccc(C(=O)O[C@@H](Cc2c(Cl)c[n+]([O-])cc2Cl)c2ccc(OC(F)F)c(OCC3CC3)c2)c1)C(=O)O[C@H]1CN2CCC1CC2.O=C(O)C(F)(F)F. The zero-order chi connectivity index (χ0) is 47.9. The third-order valence-corrected chi connectivity index (χ3v) is 12.9. The van der Waals surface area contributed by atoms with Crippen LogP contribution in [0.2, 0.25) is 10.0 Å². The number of aliphatic carboxylic acids is 1. The van der Waals surface area contributed by atoms with Gasteiger partial charge in [0.05, 0.1) is 24.2 Å². The Balaban J connectivity index is 0.000000952. The largest absolute Gasteiger partial charge is 0.619 e. The number of hydrogen-bond acceptors (Lipinski definition) is 12. The molecule has 15 nitrogen and oxygen atoms in total. The van der Waals surface area contributed by atoms with Gasteiger partial charge in [0.25, 0.3) is 0 Å². The molecule has 4 heterocycles. The van der Waals surface area contributed by atoms with Crippen molar-refractivity contribution in [2.45, 2.75) is 68.0 Å². The van der Waals surface area contributed by atoms with Crippen molar-refractivity contribution in [2.75, 3.05) is 33.4 Å². The number of para-hydroxylation sites is 1. The van der Waals surface area contributed by atoms with Gasteiger partial charge in [-0.2, -0.15) is 31.4 Å². The van der Waals surface area contributed by atoms with E-state index >= 15 is 0 Å². The summed E-state index contributed by atoms with van der Waals surface area (Å²) >= 11 is 12.8. The highest BCUT2D eigenvalue weighted by molar-refractivity contribution is 7.89. The van der Waals surface area contributed by atoms with Gasteiger partial charge in [-0.1, -0.05) is 53.5 Å². The first-order valence-corrected chi connectivity index (χ1v) is 22.4. The average Bonchev–Trinajstić information content (AvgIpc) is 4.11. The van der Waals surface area contributed by atoms with Crippen molar-refractivity contribution in [1.82, 2.24) is 9.62 Å². The van der Waals surface area contributed by atoms with Crippen molar-refractivity contribution in [2.24, 2.45) is 11.8 Å². The van der Waals surface area contributed by atoms with Crippen LogP contribution >= 0.6 is 23.2 Å². The summed E-state index contributed by atoms with van der Waals surface area (Å²) in [4.78, 5) is 38.6. The molecule has 3 aromatic carbocycles. The lowest BCUT2D eigenvalue weighted by molar-refractivity contribution is -0.605. The van der Waals surface area contributed by atoms with Crippen LogP contribution in [0, 0.1) is 17.0 Å². The van der Waals surface area contributed by atoms with Gasteiger partial charge in [-0.15, -0.1) is 0 Å². The van der Waals surface area contributed by atoms with Gasteiger partial charge in [-0.3, -0.25) is 4.90 Å². The van der Waals surface area contributed by atoms with Crippen LogP contribution in [0.4, 0.5) is 22.0 Å². The van der Waals surface area contributed by atoms with Gasteiger partial charge in [0.2, 0.25) is 10.0 Å². The van der Waals surface area contributed by atoms with E-state index in [-0.39, 0.29) is 79.3 Å². The number of halogens is 7. The Morgan fingerprint density at radius 2 is 1.61 bits per heavy atom. The Bertz CT molecular complexity index is 2490. The molecule has 3 atom stereocenters. The fourth-order valence-corrected chi connectivity index (χ4v) is 9.09. The number of carboxylic acid groups (broad SMARTS) is 1. The topological polar surface area (TPSA) is 194 Å². The lowest BCUT2D eigenvalue weighted by Crippen LogP contribution is -2.52. The number of aromatic nitrogens is 1. The summed E-state index contributed by atoms with van der Waals surface area (Å²) in [6.45, 7) is -0.519. The number of carboxylic acids is 1. The van der Waals surface area contributed by atoms with Crippen LogP contribution in [0.25, 0.3) is 0 Å². The second kappa shape index (κ2) is 21.4. The molecule has 4 aromatic rings. The number of methoxy groups -OCH3 is 1. The lowest BCUT2D eigenvalue weighted by atomic mass is 9.86. The number of esters is 2. The highest BCUT2D eigenvalue weighted by atomic mass is 35.5. The number of benzene rings is 3. The molecule has 4 fully saturated rings. The van der Waals surface area contributed by atoms with E-state index < -0.39 is 59.0 Å². The molecule has 0 amide bonds. The summed E-state index contributed by atoms with van der Waals surface area (Å²) in [5.41, 5.74) is 0.546. The molecule has 1 aliphatic carbocycles. The van der Waals surface area contributed by atoms with Crippen molar-refractivity contribution in [3.05, 3.63) is 117 Å². The quantitative estimate of drug-likeness (QED) is 0.0459. The molecule has 0 radical (unpaired) electrons. The van der Waals surface area contributed by atoms with E-state index in [4.69, 9.17) is 52.1 Å². The normalized spacial score (nSPS) is 18.9. The number of pyridine rings is 1. The molecular weight excluding hydrogens is 948 g/mol. The second-order valence-corrected chi connectivity index (χ2v) is 18.0. The highest BCUT2D eigenvalue weighted by Gasteiger charge is 2.40. The van der Waals surface area contributed by atoms with E-state index in [0.29, 0.717) is 11.3 Å². The minimum absolute atomic E-state index is 0.0193. The maximum Gasteiger partial charge on any atom is 0.490 e. The molecule has 4 aliphatic rings. The maximum absolute atomic E-state index is 14.1. The summed E-state index contributed by atoms with van der Waals surface area (Å²) in [6, 6.07) is 14.0. The van der Waals surface area contributed by atoms with Gasteiger partial charge in [0.15, 0.2) is 23.9 Å². The molecule has 3 saturated heterocycles. The van der Waals surface area contributed by atoms with Crippen molar-refractivity contribution in [1.29, 1.82) is 0 Å². The Morgan fingerprint density at radius 3 is 2.20 bits per heavy atom. The number of carbonyl (C=O) groups excluding carboxylic acids is 2. The smallest absolute Gasteiger partial charge is 0.490 e. The summed E-state index contributed by atoms with van der Waals surface area (Å²) in [7, 11) is -3.14. The van der Waals surface area contributed by atoms with Gasteiger partial charge >= 0.3 is 30.7 Å². The van der Waals surface area contributed by atoms with Crippen LogP contribution < -0.4 is 23.7 Å². The van der Waals surface area contributed by atoms with Crippen LogP contribution in [0.5, 0.6) is 17.2 Å². The maximum atomic E-state index is 14.1. The minimum Gasteiger partial charge on any atom is -0.619 e. The predicted octanol–water partition coefficient (Wildman–Crippen LogP) is 7.46. The number of alkyl halides is 5. The Hall–Kier alpha value is -5.48. The van der Waals surface area contributed by atoms with Crippen molar-refractivity contribution in [3.63, 3.8) is 0 Å². The Kier molecular flexibility index (Phi) is 16.2. The van der Waals surface area contributed by atoms with Crippen LogP contribution in [-0.4, -0.2) is 88.6 Å². The van der Waals surface area contributed by atoms with Crippen LogP contribution in [0.15, 0.2) is 84.0 Å². The molecule has 3 aliphatic heterocycles. The van der Waals surface area contributed by atoms with Crippen molar-refractivity contribution < 1.29 is 78.3 Å². The number of sulfonamides is 1. The van der Waals surface area contributed by atoms with Gasteiger partial charge in [0, 0.05) is 24.1 Å². The number of fused-ring (bicyclic) bond motifs is 3. The summed E-state index contributed by atoms with van der Waals surface area (Å²) < 4.78 is 117. The summed E-state index contributed by atoms with van der Waals surface area (Å²) in [6.07, 6.45) is -1.19. The number of carbonyl (C=O) groups is 3. The number of nitrogens with one attached hydrogen (secondary N) is 1. The zero-order valence-electron chi connectivity index (χ0n) is 34.7. The van der Waals surface area contributed by atoms with E-state index in [1.54, 1.807) is 24.3 Å². The molecule has 356 valence electrons. The molecule has 1 aromatic heterocycles. The van der Waals surface area contributed by atoms with Gasteiger partial charge in [-0.25, -0.2) is 22.8 Å². The molecule has 2 bridgehead atoms. The van der Waals surface area contributed by atoms with Crippen molar-refractivity contribution in [3.8, 4) is 17.2 Å². The number of rotatable bonds is 17. The fourth-order valence-electron chi connectivity index (χ4n) is 7.28. The van der Waals surface area contributed by atoms with Crippen LogP contribution in [0.3, 0.4) is 0 Å². The number of hydrogen-bond donors (Lipinski definition) is 2. The molecule has 1 unspecified atom stereocenters. The van der Waals surface area contributed by atoms with E-state index in [0.717, 1.165) is 57.2 Å². The van der Waals surface area contributed by atoms with Gasteiger partial charge < -0.3 is 34.0 Å². The molecular formula is C43H42Cl2F5N3O12S. The molecule has 8 rings (SSSR count). The average molecular weight is 991 g/mol. The first-order valence-electron chi connectivity index (χ1n) is 20.2. The summed E-state index contributed by atoms with van der Waals surface area (Å²) in [5, 5.41) is 19.1. The van der Waals surface area contributed by atoms with E-state index in [2.05, 4.69) is 14.4 Å². The molecule has 1 saturated carbocycles. The van der Waals surface area contributed by atoms with E-state index in [1.165, 1.54) is 43.5 Å². The third kappa shape index (κ3) is 13.1. The van der Waals surface area contributed by atoms with Crippen molar-refractivity contribution >= 4 is 51.1 Å². The van der Waals surface area contributed by atoms with Crippen LogP contribution in [0.1, 0.15) is 64.9 Å². The molecule has 2 N–H and O–H groups in total. The van der Waals surface area contributed by atoms with E-state index in [1.807, 2.05) is 0 Å². The lowest BCUT2D eigenvalue weighted by Gasteiger charge is -2.44. The first-order chi connectivity index (χ1) is 31.2. The molecule has 0 spiro atoms. The summed E-state index contributed by atoms with van der Waals surface area (Å²) in [5.74, 6) is -4.12. The monoisotopic (exact) mass is 989 g/mol. The van der Waals surface area contributed by atoms with Crippen LogP contribution in [-0.2, 0) is 35.5 Å². The van der Waals surface area contributed by atoms with E-state index in [9.17, 15) is 45.2 Å². The molecule has 66 heavy (non-hydrogen) atoms. The number of ether oxygens (including phenoxy) is 5. The second-order valence-electron chi connectivity index (χ2n) is 15.5. The van der Waals surface area contributed by atoms with Gasteiger partial charge in [0.1, 0.15) is 34.0 Å². The Labute approximate surface area is 384 Å². The standard InChI is InChI=1S/C41H41Cl2F2N3O10S.C2HF3O2/c1-54-33-8-3-2-7-29(33)38(40(50)57-37-22-47-15-13-25(37)14-16-47)46-59(52,53)28-6-4-5-27(17-28)39(49)56-35(19-30-31(42)20-48(51)21-32(30)43)26-11-12-34(58-41(44)45)36(18-26)55-23-24-9-10-24;3-2(4,5)1(6)7/h2-8,11-12,17-18,20-21,24-25,35,37-38,41,46H,9-10,13-16,19,22-23H2,1H3;(H,6,7)/t35-,37-,38?;/m0./s1. The van der Waals surface area contributed by atoms with Gasteiger partial charge in [-0.05, 0) is 92.6 Å². The first kappa shape index (κ1) is 49.9. The third-order valence-electron chi connectivity index (χ3n) is 10.9. The zero-order valence-corrected chi connectivity index (χ0v) is 37.0. The fraction of sp³-hybridized carbons (Fsp3) is 0.395. The Morgan fingerprint density at radius 1 is 0.939 bits per heavy atom. The minimum atomic E-state index is -5.08. The number of piperidine rings is 3.